The van der Waals surface area contributed by atoms with Gasteiger partial charge in [-0.1, -0.05) is 6.07 Å². The normalized spacial score (nSPS) is 33.3. The van der Waals surface area contributed by atoms with Crippen molar-refractivity contribution in [3.05, 3.63) is 22.4 Å². The maximum atomic E-state index is 12.4. The Morgan fingerprint density at radius 3 is 2.96 bits per heavy atom. The van der Waals surface area contributed by atoms with Crippen molar-refractivity contribution in [3.63, 3.8) is 0 Å². The molecule has 1 aromatic heterocycles. The number of methoxy groups -OCH3 is 1. The first kappa shape index (κ1) is 16.5. The van der Waals surface area contributed by atoms with E-state index in [0.29, 0.717) is 30.0 Å². The number of hydrogen-bond acceptors (Lipinski definition) is 5. The van der Waals surface area contributed by atoms with Crippen LogP contribution in [0.25, 0.3) is 0 Å². The first-order chi connectivity index (χ1) is 11.8. The lowest BCUT2D eigenvalue weighted by Gasteiger charge is -2.50. The van der Waals surface area contributed by atoms with Gasteiger partial charge in [-0.25, -0.2) is 0 Å². The Morgan fingerprint density at radius 1 is 1.42 bits per heavy atom. The van der Waals surface area contributed by atoms with Gasteiger partial charge < -0.3 is 19.7 Å². The molecule has 1 saturated carbocycles. The predicted octanol–water partition coefficient (Wildman–Crippen LogP) is 1.99. The molecule has 4 atom stereocenters. The number of carbonyl (C=O) groups excluding carboxylic acids is 1. The molecule has 0 bridgehead atoms. The number of ether oxygens (including phenoxy) is 2. The molecular weight excluding hydrogens is 324 g/mol. The SMILES string of the molecule is COC[C@H]1[C@H](NC2CCN(C(=O)c3cccs3)CC2)[C@H]2CCO[C@H]21. The number of rotatable bonds is 5. The van der Waals surface area contributed by atoms with E-state index in [0.717, 1.165) is 50.4 Å². The lowest BCUT2D eigenvalue weighted by atomic mass is 9.66. The van der Waals surface area contributed by atoms with Gasteiger partial charge in [0.2, 0.25) is 0 Å². The molecule has 1 N–H and O–H groups in total. The van der Waals surface area contributed by atoms with Crippen molar-refractivity contribution in [2.45, 2.75) is 37.5 Å². The number of nitrogens with one attached hydrogen (secondary N) is 1. The van der Waals surface area contributed by atoms with E-state index in [-0.39, 0.29) is 5.91 Å². The van der Waals surface area contributed by atoms with Crippen LogP contribution in [0.2, 0.25) is 0 Å². The third-order valence-electron chi connectivity index (χ3n) is 5.83. The van der Waals surface area contributed by atoms with E-state index in [9.17, 15) is 4.79 Å². The zero-order chi connectivity index (χ0) is 16.5. The van der Waals surface area contributed by atoms with Gasteiger partial charge in [-0.2, -0.15) is 0 Å². The fourth-order valence-corrected chi connectivity index (χ4v) is 5.24. The first-order valence-electron chi connectivity index (χ1n) is 8.97. The number of hydrogen-bond donors (Lipinski definition) is 1. The maximum absolute atomic E-state index is 12.4. The van der Waals surface area contributed by atoms with Crippen LogP contribution in [-0.4, -0.2) is 62.4 Å². The van der Waals surface area contributed by atoms with Gasteiger partial charge in [0.1, 0.15) is 0 Å². The van der Waals surface area contributed by atoms with Crippen LogP contribution in [-0.2, 0) is 9.47 Å². The van der Waals surface area contributed by atoms with E-state index < -0.39 is 0 Å². The fourth-order valence-electron chi connectivity index (χ4n) is 4.55. The molecule has 0 spiro atoms. The molecule has 3 fully saturated rings. The summed E-state index contributed by atoms with van der Waals surface area (Å²) < 4.78 is 11.2. The van der Waals surface area contributed by atoms with E-state index in [1.807, 2.05) is 22.4 Å². The van der Waals surface area contributed by atoms with Crippen LogP contribution in [0.1, 0.15) is 28.9 Å². The highest BCUT2D eigenvalue weighted by Gasteiger charge is 2.54. The van der Waals surface area contributed by atoms with Gasteiger partial charge in [0, 0.05) is 50.7 Å². The quantitative estimate of drug-likeness (QED) is 0.882. The summed E-state index contributed by atoms with van der Waals surface area (Å²) in [5.74, 6) is 1.32. The summed E-state index contributed by atoms with van der Waals surface area (Å²) in [6.07, 6.45) is 3.62. The van der Waals surface area contributed by atoms with Crippen LogP contribution in [0.5, 0.6) is 0 Å². The van der Waals surface area contributed by atoms with E-state index in [1.165, 1.54) is 11.3 Å². The van der Waals surface area contributed by atoms with E-state index in [1.54, 1.807) is 7.11 Å². The molecular formula is C18H26N2O3S. The molecule has 3 aliphatic rings. The van der Waals surface area contributed by atoms with Crippen molar-refractivity contribution in [2.24, 2.45) is 11.8 Å². The molecule has 5 nitrogen and oxygen atoms in total. The number of carbonyl (C=O) groups is 1. The molecule has 132 valence electrons. The van der Waals surface area contributed by atoms with Gasteiger partial charge >= 0.3 is 0 Å². The molecule has 4 rings (SSSR count). The smallest absolute Gasteiger partial charge is 0.263 e. The van der Waals surface area contributed by atoms with Crippen molar-refractivity contribution in [1.29, 1.82) is 0 Å². The lowest BCUT2D eigenvalue weighted by molar-refractivity contribution is -0.0880. The topological polar surface area (TPSA) is 50.8 Å². The van der Waals surface area contributed by atoms with Crippen LogP contribution in [0.15, 0.2) is 17.5 Å². The van der Waals surface area contributed by atoms with Crippen molar-refractivity contribution in [2.75, 3.05) is 33.4 Å². The zero-order valence-corrected chi connectivity index (χ0v) is 15.0. The largest absolute Gasteiger partial charge is 0.384 e. The Bertz CT molecular complexity index is 557. The summed E-state index contributed by atoms with van der Waals surface area (Å²) >= 11 is 1.53. The molecule has 3 heterocycles. The minimum Gasteiger partial charge on any atom is -0.384 e. The second-order valence-electron chi connectivity index (χ2n) is 7.14. The highest BCUT2D eigenvalue weighted by molar-refractivity contribution is 7.12. The van der Waals surface area contributed by atoms with Crippen LogP contribution < -0.4 is 5.32 Å². The minimum absolute atomic E-state index is 0.189. The van der Waals surface area contributed by atoms with Gasteiger partial charge in [0.25, 0.3) is 5.91 Å². The molecule has 1 aliphatic carbocycles. The number of amides is 1. The van der Waals surface area contributed by atoms with Crippen LogP contribution >= 0.6 is 11.3 Å². The Morgan fingerprint density at radius 2 is 2.25 bits per heavy atom. The Balaban J connectivity index is 1.29. The summed E-state index contributed by atoms with van der Waals surface area (Å²) in [6, 6.07) is 4.88. The second-order valence-corrected chi connectivity index (χ2v) is 8.09. The van der Waals surface area contributed by atoms with Gasteiger partial charge in [0.15, 0.2) is 0 Å². The summed E-state index contributed by atoms with van der Waals surface area (Å²) in [5.41, 5.74) is 0. The number of likely N-dealkylation sites (tertiary alicyclic amines) is 1. The van der Waals surface area contributed by atoms with E-state index in [2.05, 4.69) is 5.32 Å². The fraction of sp³-hybridized carbons (Fsp3) is 0.722. The van der Waals surface area contributed by atoms with E-state index in [4.69, 9.17) is 9.47 Å². The van der Waals surface area contributed by atoms with Crippen LogP contribution in [0, 0.1) is 11.8 Å². The van der Waals surface area contributed by atoms with Crippen LogP contribution in [0.4, 0.5) is 0 Å². The summed E-state index contributed by atoms with van der Waals surface area (Å²) in [5, 5.41) is 5.83. The zero-order valence-electron chi connectivity index (χ0n) is 14.1. The molecule has 0 aromatic carbocycles. The van der Waals surface area contributed by atoms with Crippen LogP contribution in [0.3, 0.4) is 0 Å². The van der Waals surface area contributed by atoms with Crippen molar-refractivity contribution in [3.8, 4) is 0 Å². The molecule has 24 heavy (non-hydrogen) atoms. The molecule has 0 unspecified atom stereocenters. The van der Waals surface area contributed by atoms with Crippen molar-refractivity contribution in [1.82, 2.24) is 10.2 Å². The number of fused-ring (bicyclic) bond motifs is 1. The molecule has 1 amide bonds. The predicted molar refractivity (Wildman–Crippen MR) is 93.4 cm³/mol. The number of nitrogens with zero attached hydrogens (tertiary/aromatic N) is 1. The van der Waals surface area contributed by atoms with Crippen molar-refractivity contribution >= 4 is 17.2 Å². The average molecular weight is 350 g/mol. The Hall–Kier alpha value is -0.950. The minimum atomic E-state index is 0.189. The third-order valence-corrected chi connectivity index (χ3v) is 6.69. The molecule has 0 radical (unpaired) electrons. The Labute approximate surface area is 147 Å². The highest BCUT2D eigenvalue weighted by Crippen LogP contribution is 2.44. The van der Waals surface area contributed by atoms with Gasteiger partial charge in [-0.05, 0) is 30.7 Å². The standard InChI is InChI=1S/C18H26N2O3S/c1-22-11-14-16(13-6-9-23-17(13)14)19-12-4-7-20(8-5-12)18(21)15-3-2-10-24-15/h2-3,10,12-14,16-17,19H,4-9,11H2,1H3/t13-,14+,16-,17-/m1/s1. The van der Waals surface area contributed by atoms with Gasteiger partial charge in [-0.3, -0.25) is 4.79 Å². The van der Waals surface area contributed by atoms with Gasteiger partial charge in [0.05, 0.1) is 17.6 Å². The number of thiophene rings is 1. The maximum Gasteiger partial charge on any atom is 0.263 e. The lowest BCUT2D eigenvalue weighted by Crippen LogP contribution is -2.64. The monoisotopic (exact) mass is 350 g/mol. The molecule has 6 heteroatoms. The Kier molecular flexibility index (Phi) is 4.90. The van der Waals surface area contributed by atoms with Crippen molar-refractivity contribution < 1.29 is 14.3 Å². The molecule has 1 aromatic rings. The summed E-state index contributed by atoms with van der Waals surface area (Å²) in [4.78, 5) is 15.3. The molecule has 2 aliphatic heterocycles. The third kappa shape index (κ3) is 3.01. The highest BCUT2D eigenvalue weighted by atomic mass is 32.1. The number of piperidine rings is 1. The summed E-state index contributed by atoms with van der Waals surface area (Å²) in [6.45, 7) is 3.36. The average Bonchev–Trinajstić information content (AvgIpc) is 3.28. The summed E-state index contributed by atoms with van der Waals surface area (Å²) in [7, 11) is 1.77. The first-order valence-corrected chi connectivity index (χ1v) is 9.85. The van der Waals surface area contributed by atoms with E-state index >= 15 is 0 Å². The second kappa shape index (κ2) is 7.12. The van der Waals surface area contributed by atoms with Gasteiger partial charge in [-0.15, -0.1) is 11.3 Å². The molecule has 2 saturated heterocycles.